The Morgan fingerprint density at radius 3 is 2.58 bits per heavy atom. The van der Waals surface area contributed by atoms with Crippen LogP contribution in [0.15, 0.2) is 30.4 Å². The highest BCUT2D eigenvalue weighted by molar-refractivity contribution is 6.33. The van der Waals surface area contributed by atoms with Gasteiger partial charge in [0.15, 0.2) is 6.29 Å². The number of hydrogen-bond acceptors (Lipinski definition) is 4. The van der Waals surface area contributed by atoms with Crippen molar-refractivity contribution in [2.75, 3.05) is 0 Å². The van der Waals surface area contributed by atoms with Crippen LogP contribution in [0.25, 0.3) is 0 Å². The number of ether oxygens (including phenoxy) is 1. The van der Waals surface area contributed by atoms with Gasteiger partial charge in [-0.15, -0.1) is 0 Å². The van der Waals surface area contributed by atoms with Crippen molar-refractivity contribution in [3.63, 3.8) is 0 Å². The second-order valence-corrected chi connectivity index (χ2v) is 4.09. The molecule has 0 aliphatic rings. The van der Waals surface area contributed by atoms with Crippen molar-refractivity contribution in [2.45, 2.75) is 12.8 Å². The first-order chi connectivity index (χ1) is 8.93. The van der Waals surface area contributed by atoms with Crippen molar-refractivity contribution in [3.05, 3.63) is 40.9 Å². The Labute approximate surface area is 114 Å². The summed E-state index contributed by atoms with van der Waals surface area (Å²) in [5.41, 5.74) is 0.229. The number of aliphatic carboxylic acids is 1. The summed E-state index contributed by atoms with van der Waals surface area (Å²) in [6.45, 7) is 3.30. The van der Waals surface area contributed by atoms with Crippen LogP contribution in [-0.2, 0) is 9.59 Å². The van der Waals surface area contributed by atoms with Gasteiger partial charge in [-0.05, 0) is 18.6 Å². The molecular weight excluding hydrogens is 272 g/mol. The summed E-state index contributed by atoms with van der Waals surface area (Å²) in [6.07, 6.45) is 0.497. The summed E-state index contributed by atoms with van der Waals surface area (Å²) in [5.74, 6) is -1.55. The maximum Gasteiger partial charge on any atom is 0.330 e. The summed E-state index contributed by atoms with van der Waals surface area (Å²) in [5, 5.41) is 8.75. The van der Waals surface area contributed by atoms with Crippen LogP contribution in [0.5, 0.6) is 5.75 Å². The van der Waals surface area contributed by atoms with Gasteiger partial charge in [0.05, 0.1) is 11.4 Å². The molecule has 0 bridgehead atoms. The van der Waals surface area contributed by atoms with E-state index in [1.165, 1.54) is 18.2 Å². The normalized spacial score (nSPS) is 9.74. The second kappa shape index (κ2) is 6.70. The van der Waals surface area contributed by atoms with Gasteiger partial charge in [0.1, 0.15) is 5.75 Å². The molecule has 0 fully saturated rings. The molecule has 1 aromatic rings. The maximum atomic E-state index is 11.4. The van der Waals surface area contributed by atoms with Crippen LogP contribution in [0.1, 0.15) is 23.2 Å². The van der Waals surface area contributed by atoms with Crippen molar-refractivity contribution < 1.29 is 24.2 Å². The number of carbonyl (C=O) groups excluding carboxylic acids is 2. The Morgan fingerprint density at radius 2 is 2.05 bits per heavy atom. The minimum Gasteiger partial charge on any atom is -0.478 e. The van der Waals surface area contributed by atoms with Crippen LogP contribution in [0.2, 0.25) is 5.02 Å². The molecule has 0 radical (unpaired) electrons. The number of carboxylic acid groups (broad SMARTS) is 1. The monoisotopic (exact) mass is 282 g/mol. The molecule has 0 unspecified atom stereocenters. The summed E-state index contributed by atoms with van der Waals surface area (Å²) in [4.78, 5) is 32.5. The van der Waals surface area contributed by atoms with Gasteiger partial charge >= 0.3 is 11.9 Å². The Balaban J connectivity index is 2.57. The predicted octanol–water partition coefficient (Wildman–Crippen LogP) is 2.48. The molecule has 0 aliphatic heterocycles. The van der Waals surface area contributed by atoms with E-state index < -0.39 is 11.9 Å². The number of esters is 1. The molecule has 1 aromatic carbocycles. The molecule has 0 spiro atoms. The second-order valence-electron chi connectivity index (χ2n) is 3.68. The molecular formula is C13H11ClO5. The largest absolute Gasteiger partial charge is 0.478 e. The predicted molar refractivity (Wildman–Crippen MR) is 68.5 cm³/mol. The van der Waals surface area contributed by atoms with E-state index in [1.54, 1.807) is 0 Å². The lowest BCUT2D eigenvalue weighted by atomic mass is 10.2. The molecule has 0 atom stereocenters. The van der Waals surface area contributed by atoms with E-state index >= 15 is 0 Å². The molecule has 5 nitrogen and oxygen atoms in total. The van der Waals surface area contributed by atoms with Gasteiger partial charge in [-0.1, -0.05) is 18.2 Å². The Kier molecular flexibility index (Phi) is 5.26. The fourth-order valence-corrected chi connectivity index (χ4v) is 1.42. The lowest BCUT2D eigenvalue weighted by molar-refractivity contribution is -0.134. The van der Waals surface area contributed by atoms with E-state index in [4.69, 9.17) is 21.4 Å². The quantitative estimate of drug-likeness (QED) is 0.375. The van der Waals surface area contributed by atoms with Crippen molar-refractivity contribution in [3.8, 4) is 5.75 Å². The number of halogens is 1. The number of carboxylic acids is 1. The average molecular weight is 283 g/mol. The molecule has 100 valence electrons. The van der Waals surface area contributed by atoms with Crippen molar-refractivity contribution in [2.24, 2.45) is 0 Å². The molecule has 19 heavy (non-hydrogen) atoms. The van der Waals surface area contributed by atoms with E-state index in [1.807, 2.05) is 0 Å². The van der Waals surface area contributed by atoms with E-state index in [0.29, 0.717) is 11.8 Å². The lowest BCUT2D eigenvalue weighted by Crippen LogP contribution is -2.10. The minimum absolute atomic E-state index is 0.00825. The SMILES string of the molecule is C=C(CCC(=O)Oc1ccc(C=O)c(Cl)c1)C(=O)O. The third-order valence-electron chi connectivity index (χ3n) is 2.26. The first kappa shape index (κ1) is 14.9. The van der Waals surface area contributed by atoms with E-state index in [0.717, 1.165) is 0 Å². The zero-order valence-corrected chi connectivity index (χ0v) is 10.6. The fourth-order valence-electron chi connectivity index (χ4n) is 1.21. The molecule has 0 saturated carbocycles. The van der Waals surface area contributed by atoms with Gasteiger partial charge in [-0.3, -0.25) is 9.59 Å². The van der Waals surface area contributed by atoms with Crippen LogP contribution in [0.4, 0.5) is 0 Å². The highest BCUT2D eigenvalue weighted by atomic mass is 35.5. The number of rotatable bonds is 6. The Morgan fingerprint density at radius 1 is 1.37 bits per heavy atom. The third kappa shape index (κ3) is 4.56. The first-order valence-electron chi connectivity index (χ1n) is 5.30. The molecule has 0 aliphatic carbocycles. The summed E-state index contributed by atoms with van der Waals surface area (Å²) in [7, 11) is 0. The van der Waals surface area contributed by atoms with Crippen LogP contribution in [0.3, 0.4) is 0 Å². The van der Waals surface area contributed by atoms with Gasteiger partial charge in [-0.2, -0.15) is 0 Å². The number of hydrogen-bond donors (Lipinski definition) is 1. The molecule has 0 aromatic heterocycles. The van der Waals surface area contributed by atoms with E-state index in [2.05, 4.69) is 6.58 Å². The molecule has 6 heteroatoms. The van der Waals surface area contributed by atoms with Gasteiger partial charge in [0.2, 0.25) is 0 Å². The Hall–Kier alpha value is -2.14. The lowest BCUT2D eigenvalue weighted by Gasteiger charge is -2.05. The topological polar surface area (TPSA) is 80.7 Å². The molecule has 1 rings (SSSR count). The van der Waals surface area contributed by atoms with Crippen molar-refractivity contribution >= 4 is 29.8 Å². The first-order valence-corrected chi connectivity index (χ1v) is 5.68. The minimum atomic E-state index is -1.15. The zero-order valence-electron chi connectivity index (χ0n) is 9.89. The van der Waals surface area contributed by atoms with Crippen LogP contribution >= 0.6 is 11.6 Å². The number of aldehydes is 1. The van der Waals surface area contributed by atoms with Crippen molar-refractivity contribution in [1.82, 2.24) is 0 Å². The summed E-state index contributed by atoms with van der Waals surface area (Å²) < 4.78 is 4.95. The molecule has 0 amide bonds. The summed E-state index contributed by atoms with van der Waals surface area (Å²) >= 11 is 5.77. The van der Waals surface area contributed by atoms with E-state index in [9.17, 15) is 14.4 Å². The maximum absolute atomic E-state index is 11.4. The smallest absolute Gasteiger partial charge is 0.330 e. The average Bonchev–Trinajstić information content (AvgIpc) is 2.36. The standard InChI is InChI=1S/C13H11ClO5/c1-8(13(17)18)2-5-12(16)19-10-4-3-9(7-15)11(14)6-10/h3-4,6-7H,1-2,5H2,(H,17,18). The molecule has 0 heterocycles. The van der Waals surface area contributed by atoms with E-state index in [-0.39, 0.29) is 29.2 Å². The van der Waals surface area contributed by atoms with Crippen LogP contribution in [-0.4, -0.2) is 23.3 Å². The third-order valence-corrected chi connectivity index (χ3v) is 2.59. The van der Waals surface area contributed by atoms with Gasteiger partial charge < -0.3 is 9.84 Å². The highest BCUT2D eigenvalue weighted by Gasteiger charge is 2.10. The van der Waals surface area contributed by atoms with Crippen molar-refractivity contribution in [1.29, 1.82) is 0 Å². The zero-order chi connectivity index (χ0) is 14.4. The molecule has 1 N–H and O–H groups in total. The van der Waals surface area contributed by atoms with Gasteiger partial charge in [0, 0.05) is 17.2 Å². The number of carbonyl (C=O) groups is 3. The van der Waals surface area contributed by atoms with Gasteiger partial charge in [0.25, 0.3) is 0 Å². The van der Waals surface area contributed by atoms with Crippen LogP contribution < -0.4 is 4.74 Å². The number of benzene rings is 1. The Bertz CT molecular complexity index is 536. The fraction of sp³-hybridized carbons (Fsp3) is 0.154. The summed E-state index contributed by atoms with van der Waals surface area (Å²) in [6, 6.07) is 4.20. The van der Waals surface area contributed by atoms with Crippen LogP contribution in [0, 0.1) is 0 Å². The van der Waals surface area contributed by atoms with Gasteiger partial charge in [-0.25, -0.2) is 4.79 Å². The highest BCUT2D eigenvalue weighted by Crippen LogP contribution is 2.21. The molecule has 0 saturated heterocycles.